The lowest BCUT2D eigenvalue weighted by molar-refractivity contribution is -0.114. The van der Waals surface area contributed by atoms with E-state index in [1.165, 1.54) is 12.6 Å². The Hall–Kier alpha value is -1.55. The number of aryl methyl sites for hydroxylation is 1. The number of rotatable bonds is 2. The normalized spacial score (nSPS) is 16.7. The molecule has 1 aliphatic heterocycles. The van der Waals surface area contributed by atoms with Crippen LogP contribution in [0.3, 0.4) is 0 Å². The maximum Gasteiger partial charge on any atom is 0.221 e. The second-order valence-corrected chi connectivity index (χ2v) is 4.97. The van der Waals surface area contributed by atoms with E-state index in [0.29, 0.717) is 0 Å². The summed E-state index contributed by atoms with van der Waals surface area (Å²) in [6, 6.07) is 6.23. The van der Waals surface area contributed by atoms with Crippen LogP contribution in [0.15, 0.2) is 18.2 Å². The van der Waals surface area contributed by atoms with Gasteiger partial charge in [0.15, 0.2) is 0 Å². The summed E-state index contributed by atoms with van der Waals surface area (Å²) in [5.74, 6) is -0.0227. The van der Waals surface area contributed by atoms with Crippen molar-refractivity contribution in [3.05, 3.63) is 23.8 Å². The van der Waals surface area contributed by atoms with Gasteiger partial charge in [0, 0.05) is 44.5 Å². The molecular weight excluding hydrogens is 226 g/mol. The predicted octanol–water partition coefficient (Wildman–Crippen LogP) is 1.71. The quantitative estimate of drug-likeness (QED) is 0.864. The molecule has 18 heavy (non-hydrogen) atoms. The monoisotopic (exact) mass is 247 g/mol. The summed E-state index contributed by atoms with van der Waals surface area (Å²) in [5.41, 5.74) is 3.26. The summed E-state index contributed by atoms with van der Waals surface area (Å²) in [6.07, 6.45) is 0. The number of nitrogens with zero attached hydrogens (tertiary/aromatic N) is 2. The zero-order chi connectivity index (χ0) is 13.1. The summed E-state index contributed by atoms with van der Waals surface area (Å²) < 4.78 is 0. The van der Waals surface area contributed by atoms with E-state index >= 15 is 0 Å². The molecule has 1 N–H and O–H groups in total. The molecule has 4 heteroatoms. The van der Waals surface area contributed by atoms with E-state index < -0.39 is 0 Å². The van der Waals surface area contributed by atoms with Gasteiger partial charge >= 0.3 is 0 Å². The number of nitrogens with one attached hydrogen (secondary N) is 1. The molecule has 0 atom stereocenters. The summed E-state index contributed by atoms with van der Waals surface area (Å²) in [6.45, 7) is 7.91. The highest BCUT2D eigenvalue weighted by molar-refractivity contribution is 5.89. The maximum absolute atomic E-state index is 11.1. The van der Waals surface area contributed by atoms with Crippen molar-refractivity contribution in [2.75, 3.05) is 43.4 Å². The molecule has 1 fully saturated rings. The molecule has 98 valence electrons. The van der Waals surface area contributed by atoms with Crippen molar-refractivity contribution in [3.8, 4) is 0 Å². The molecule has 2 rings (SSSR count). The predicted molar refractivity (Wildman–Crippen MR) is 75.2 cm³/mol. The lowest BCUT2D eigenvalue weighted by Gasteiger charge is -2.34. The first kappa shape index (κ1) is 12.9. The fourth-order valence-corrected chi connectivity index (χ4v) is 2.24. The Bertz CT molecular complexity index is 437. The standard InChI is InChI=1S/C14H21N3O/c1-11-10-13(4-5-14(11)15-12(2)18)17-8-6-16(3)7-9-17/h4-5,10H,6-9H2,1-3H3,(H,15,18). The van der Waals surface area contributed by atoms with E-state index in [4.69, 9.17) is 0 Å². The third-order valence-electron chi connectivity index (χ3n) is 3.39. The molecule has 0 radical (unpaired) electrons. The number of benzene rings is 1. The maximum atomic E-state index is 11.1. The average molecular weight is 247 g/mol. The second kappa shape index (κ2) is 5.40. The highest BCUT2D eigenvalue weighted by Gasteiger charge is 2.14. The van der Waals surface area contributed by atoms with Gasteiger partial charge in [-0.15, -0.1) is 0 Å². The number of carbonyl (C=O) groups is 1. The van der Waals surface area contributed by atoms with Gasteiger partial charge in [-0.1, -0.05) is 0 Å². The Labute approximate surface area is 109 Å². The van der Waals surface area contributed by atoms with Crippen LogP contribution in [0.2, 0.25) is 0 Å². The summed E-state index contributed by atoms with van der Waals surface area (Å²) >= 11 is 0. The number of hydrogen-bond donors (Lipinski definition) is 1. The molecule has 0 spiro atoms. The van der Waals surface area contributed by atoms with E-state index in [1.807, 2.05) is 13.0 Å². The second-order valence-electron chi connectivity index (χ2n) is 4.97. The van der Waals surface area contributed by atoms with Crippen molar-refractivity contribution >= 4 is 17.3 Å². The Morgan fingerprint density at radius 3 is 2.44 bits per heavy atom. The number of anilines is 2. The van der Waals surface area contributed by atoms with Crippen molar-refractivity contribution in [1.82, 2.24) is 4.90 Å². The van der Waals surface area contributed by atoms with E-state index in [-0.39, 0.29) is 5.91 Å². The van der Waals surface area contributed by atoms with Gasteiger partial charge in [-0.2, -0.15) is 0 Å². The smallest absolute Gasteiger partial charge is 0.221 e. The van der Waals surface area contributed by atoms with Gasteiger partial charge < -0.3 is 15.1 Å². The minimum absolute atomic E-state index is 0.0227. The zero-order valence-electron chi connectivity index (χ0n) is 11.4. The zero-order valence-corrected chi connectivity index (χ0v) is 11.4. The van der Waals surface area contributed by atoms with E-state index in [1.54, 1.807) is 0 Å². The summed E-state index contributed by atoms with van der Waals surface area (Å²) in [5, 5.41) is 2.84. The molecule has 0 aliphatic carbocycles. The molecule has 0 unspecified atom stereocenters. The third-order valence-corrected chi connectivity index (χ3v) is 3.39. The number of piperazine rings is 1. The van der Waals surface area contributed by atoms with E-state index in [0.717, 1.165) is 37.4 Å². The van der Waals surface area contributed by atoms with Gasteiger partial charge in [0.2, 0.25) is 5.91 Å². The molecule has 1 aromatic carbocycles. The van der Waals surface area contributed by atoms with Crippen molar-refractivity contribution in [2.45, 2.75) is 13.8 Å². The third kappa shape index (κ3) is 3.01. The Kier molecular flexibility index (Phi) is 3.87. The van der Waals surface area contributed by atoms with Crippen LogP contribution in [-0.4, -0.2) is 44.0 Å². The van der Waals surface area contributed by atoms with Crippen molar-refractivity contribution in [3.63, 3.8) is 0 Å². The highest BCUT2D eigenvalue weighted by Crippen LogP contribution is 2.23. The molecule has 1 amide bonds. The van der Waals surface area contributed by atoms with Gasteiger partial charge in [-0.05, 0) is 37.7 Å². The largest absolute Gasteiger partial charge is 0.369 e. The molecule has 1 saturated heterocycles. The summed E-state index contributed by atoms with van der Waals surface area (Å²) in [4.78, 5) is 15.8. The van der Waals surface area contributed by atoms with Crippen LogP contribution in [-0.2, 0) is 4.79 Å². The number of amides is 1. The number of hydrogen-bond acceptors (Lipinski definition) is 3. The van der Waals surface area contributed by atoms with Gasteiger partial charge in [0.05, 0.1) is 0 Å². The minimum atomic E-state index is -0.0227. The van der Waals surface area contributed by atoms with Crippen molar-refractivity contribution in [2.24, 2.45) is 0 Å². The number of likely N-dealkylation sites (N-methyl/N-ethyl adjacent to an activating group) is 1. The topological polar surface area (TPSA) is 35.6 Å². The molecule has 1 heterocycles. The first-order valence-electron chi connectivity index (χ1n) is 6.38. The molecule has 1 aliphatic rings. The van der Waals surface area contributed by atoms with Gasteiger partial charge in [-0.25, -0.2) is 0 Å². The van der Waals surface area contributed by atoms with E-state index in [9.17, 15) is 4.79 Å². The molecule has 1 aromatic rings. The fourth-order valence-electron chi connectivity index (χ4n) is 2.24. The molecule has 0 saturated carbocycles. The highest BCUT2D eigenvalue weighted by atomic mass is 16.1. The van der Waals surface area contributed by atoms with E-state index in [2.05, 4.69) is 34.3 Å². The van der Waals surface area contributed by atoms with Crippen LogP contribution in [0.5, 0.6) is 0 Å². The molecule has 0 bridgehead atoms. The van der Waals surface area contributed by atoms with Crippen LogP contribution in [0.1, 0.15) is 12.5 Å². The Balaban J connectivity index is 2.11. The Morgan fingerprint density at radius 1 is 1.22 bits per heavy atom. The van der Waals surface area contributed by atoms with Crippen LogP contribution in [0.25, 0.3) is 0 Å². The van der Waals surface area contributed by atoms with Crippen molar-refractivity contribution < 1.29 is 4.79 Å². The lowest BCUT2D eigenvalue weighted by Crippen LogP contribution is -2.44. The SMILES string of the molecule is CC(=O)Nc1ccc(N2CCN(C)CC2)cc1C. The minimum Gasteiger partial charge on any atom is -0.369 e. The summed E-state index contributed by atoms with van der Waals surface area (Å²) in [7, 11) is 2.16. The van der Waals surface area contributed by atoms with Gasteiger partial charge in [-0.3, -0.25) is 4.79 Å². The van der Waals surface area contributed by atoms with Gasteiger partial charge in [0.1, 0.15) is 0 Å². The van der Waals surface area contributed by atoms with Crippen LogP contribution in [0, 0.1) is 6.92 Å². The molecular formula is C14H21N3O. The first-order chi connectivity index (χ1) is 8.56. The van der Waals surface area contributed by atoms with Crippen LogP contribution >= 0.6 is 0 Å². The Morgan fingerprint density at radius 2 is 1.89 bits per heavy atom. The average Bonchev–Trinajstić information content (AvgIpc) is 2.32. The van der Waals surface area contributed by atoms with Crippen LogP contribution in [0.4, 0.5) is 11.4 Å². The fraction of sp³-hybridized carbons (Fsp3) is 0.500. The lowest BCUT2D eigenvalue weighted by atomic mass is 10.1. The number of carbonyl (C=O) groups excluding carboxylic acids is 1. The van der Waals surface area contributed by atoms with Crippen LogP contribution < -0.4 is 10.2 Å². The molecule has 4 nitrogen and oxygen atoms in total. The van der Waals surface area contributed by atoms with Crippen molar-refractivity contribution in [1.29, 1.82) is 0 Å². The van der Waals surface area contributed by atoms with Gasteiger partial charge in [0.25, 0.3) is 0 Å². The first-order valence-corrected chi connectivity index (χ1v) is 6.38. The molecule has 0 aromatic heterocycles.